The largest absolute Gasteiger partial charge is 0.494 e. The van der Waals surface area contributed by atoms with Gasteiger partial charge in [-0.1, -0.05) is 255 Å². The maximum atomic E-state index is 6.60. The second kappa shape index (κ2) is 29.0. The fourth-order valence-electron chi connectivity index (χ4n) is 14.2. The lowest BCUT2D eigenvalue weighted by Gasteiger charge is -2.32. The molecule has 0 bridgehead atoms. The molecule has 6 heterocycles. The van der Waals surface area contributed by atoms with E-state index in [0.717, 1.165) is 110 Å². The minimum Gasteiger partial charge on any atom is -0.399 e. The molecule has 1 saturated heterocycles. The van der Waals surface area contributed by atoms with Crippen LogP contribution in [0.4, 0.5) is 0 Å². The summed E-state index contributed by atoms with van der Waals surface area (Å²) in [4.78, 5) is 43.7. The standard InChI is InChI=1S/C45H30N4.C41H34BN3O2.C9H7BrN2/c1-29-23-24-30-18-12-22-38(42(30)46-29)34-25-35(41-28-33-17-8-9-19-37(33)39-20-10-11-21-40(39)41)27-36(26-34)45-48-43(31-13-4-2-5-14-31)47-44(49-45)32-15-6-3-7-16-32;1-40(2)41(3,4)47-42(46-40)32-24-30(36-26-29-19-11-12-20-33(29)34-21-13-14-22-35(34)36)23-31(25-32)39-44-37(27-15-7-5-8-16-27)43-38(45-39)28-17-9-6-10-18-28;1-6-2-3-7-4-11-5-8(10)9(7)12-6/h2-28H,1H3;5-26H,1-4H3;2-5H,1H3. The summed E-state index contributed by atoms with van der Waals surface area (Å²) in [7, 11) is -0.561. The van der Waals surface area contributed by atoms with Crippen LogP contribution >= 0.6 is 15.9 Å². The summed E-state index contributed by atoms with van der Waals surface area (Å²) in [5.41, 5.74) is 15.9. The molecule has 13 heteroatoms. The maximum Gasteiger partial charge on any atom is 0.494 e. The lowest BCUT2D eigenvalue weighted by atomic mass is 9.76. The molecule has 19 rings (SSSR count). The molecule has 0 atom stereocenters. The van der Waals surface area contributed by atoms with Crippen LogP contribution in [0.1, 0.15) is 39.1 Å². The Balaban J connectivity index is 0.000000137. The highest BCUT2D eigenvalue weighted by atomic mass is 79.9. The van der Waals surface area contributed by atoms with Crippen molar-refractivity contribution in [1.29, 1.82) is 0 Å². The number of aryl methyl sites for hydroxylation is 2. The highest BCUT2D eigenvalue weighted by Crippen LogP contribution is 2.43. The number of halogens is 1. The number of benzene rings is 13. The minimum atomic E-state index is -0.561. The Bertz CT molecular complexity index is 6320. The van der Waals surface area contributed by atoms with Gasteiger partial charge in [0.1, 0.15) is 0 Å². The molecule has 11 nitrogen and oxygen atoms in total. The Labute approximate surface area is 635 Å². The van der Waals surface area contributed by atoms with Gasteiger partial charge in [-0.05, 0) is 188 Å². The molecule has 0 unspecified atom stereocenters. The summed E-state index contributed by atoms with van der Waals surface area (Å²) in [5.74, 6) is 3.71. The molecule has 0 aliphatic carbocycles. The van der Waals surface area contributed by atoms with E-state index in [9.17, 15) is 0 Å². The van der Waals surface area contributed by atoms with E-state index in [4.69, 9.17) is 44.2 Å². The van der Waals surface area contributed by atoms with Crippen molar-refractivity contribution >= 4 is 93.4 Å². The number of hydrogen-bond donors (Lipinski definition) is 0. The molecule has 0 saturated carbocycles. The lowest BCUT2D eigenvalue weighted by molar-refractivity contribution is 0.00578. The number of hydrogen-bond acceptors (Lipinski definition) is 11. The van der Waals surface area contributed by atoms with Crippen molar-refractivity contribution < 1.29 is 9.31 Å². The van der Waals surface area contributed by atoms with Gasteiger partial charge in [0.15, 0.2) is 34.9 Å². The number of para-hydroxylation sites is 1. The van der Waals surface area contributed by atoms with Gasteiger partial charge in [0, 0.05) is 73.5 Å². The van der Waals surface area contributed by atoms with Crippen LogP contribution in [0.15, 0.2) is 326 Å². The van der Waals surface area contributed by atoms with E-state index in [0.29, 0.717) is 34.9 Å². The predicted octanol–water partition coefficient (Wildman–Crippen LogP) is 23.2. The lowest BCUT2D eigenvalue weighted by Crippen LogP contribution is -2.41. The van der Waals surface area contributed by atoms with Crippen molar-refractivity contribution in [3.05, 3.63) is 338 Å². The summed E-state index contributed by atoms with van der Waals surface area (Å²) in [6.45, 7) is 12.3. The van der Waals surface area contributed by atoms with Crippen molar-refractivity contribution in [2.24, 2.45) is 0 Å². The normalized spacial score (nSPS) is 13.0. The Morgan fingerprint density at radius 3 is 1.07 bits per heavy atom. The average molecular weight is 1460 g/mol. The van der Waals surface area contributed by atoms with Crippen LogP contribution < -0.4 is 5.46 Å². The topological polar surface area (TPSA) is 134 Å². The van der Waals surface area contributed by atoms with Crippen LogP contribution in [0.3, 0.4) is 0 Å². The summed E-state index contributed by atoms with van der Waals surface area (Å²) in [5, 5.41) is 11.8. The smallest absolute Gasteiger partial charge is 0.399 e. The monoisotopic (exact) mass is 1460 g/mol. The molecule has 13 aromatic carbocycles. The average Bonchev–Trinajstić information content (AvgIpc) is 0.933. The van der Waals surface area contributed by atoms with Gasteiger partial charge >= 0.3 is 7.12 Å². The molecule has 0 radical (unpaired) electrons. The molecule has 0 spiro atoms. The second-order valence-electron chi connectivity index (χ2n) is 28.2. The first kappa shape index (κ1) is 68.5. The number of fused-ring (bicyclic) bond motifs is 8. The van der Waals surface area contributed by atoms with E-state index >= 15 is 0 Å². The molecule has 1 aliphatic rings. The summed E-state index contributed by atoms with van der Waals surface area (Å²) < 4.78 is 14.1. The van der Waals surface area contributed by atoms with Gasteiger partial charge in [-0.25, -0.2) is 29.9 Å². The molecule has 1 fully saturated rings. The van der Waals surface area contributed by atoms with Crippen molar-refractivity contribution in [2.75, 3.05) is 0 Å². The number of pyridine rings is 3. The van der Waals surface area contributed by atoms with Gasteiger partial charge in [0.2, 0.25) is 0 Å². The fraction of sp³-hybridized carbons (Fsp3) is 0.0842. The first-order valence-electron chi connectivity index (χ1n) is 36.2. The van der Waals surface area contributed by atoms with E-state index in [1.165, 1.54) is 43.1 Å². The van der Waals surface area contributed by atoms with E-state index in [1.807, 2.05) is 154 Å². The Morgan fingerprint density at radius 1 is 0.269 bits per heavy atom. The van der Waals surface area contributed by atoms with Crippen LogP contribution in [0, 0.1) is 13.8 Å². The third-order valence-electron chi connectivity index (χ3n) is 20.4. The van der Waals surface area contributed by atoms with Crippen LogP contribution in [-0.2, 0) is 9.31 Å². The van der Waals surface area contributed by atoms with Gasteiger partial charge in [-0.3, -0.25) is 15.0 Å². The van der Waals surface area contributed by atoms with Gasteiger partial charge in [-0.2, -0.15) is 0 Å². The number of nitrogens with zero attached hydrogens (tertiary/aromatic N) is 9. The zero-order chi connectivity index (χ0) is 73.5. The molecule has 0 N–H and O–H groups in total. The molecule has 518 valence electrons. The van der Waals surface area contributed by atoms with Crippen molar-refractivity contribution in [3.63, 3.8) is 0 Å². The van der Waals surface area contributed by atoms with E-state index in [-0.39, 0.29) is 0 Å². The van der Waals surface area contributed by atoms with Gasteiger partial charge < -0.3 is 9.31 Å². The predicted molar refractivity (Wildman–Crippen MR) is 446 cm³/mol. The number of aromatic nitrogens is 9. The van der Waals surface area contributed by atoms with E-state index in [2.05, 4.69) is 230 Å². The third kappa shape index (κ3) is 13.8. The van der Waals surface area contributed by atoms with Crippen molar-refractivity contribution in [1.82, 2.24) is 44.9 Å². The van der Waals surface area contributed by atoms with Gasteiger partial charge in [-0.15, -0.1) is 0 Å². The van der Waals surface area contributed by atoms with Gasteiger partial charge in [0.25, 0.3) is 0 Å². The zero-order valence-electron chi connectivity index (χ0n) is 60.4. The fourth-order valence-corrected chi connectivity index (χ4v) is 14.6. The summed E-state index contributed by atoms with van der Waals surface area (Å²) in [6, 6.07) is 107. The highest BCUT2D eigenvalue weighted by molar-refractivity contribution is 9.10. The molecule has 5 aromatic heterocycles. The Kier molecular flexibility index (Phi) is 18.4. The molecule has 0 amide bonds. The zero-order valence-corrected chi connectivity index (χ0v) is 62.0. The van der Waals surface area contributed by atoms with Crippen LogP contribution in [-0.4, -0.2) is 63.2 Å². The molecule has 18 aromatic rings. The highest BCUT2D eigenvalue weighted by Gasteiger charge is 2.52. The van der Waals surface area contributed by atoms with E-state index < -0.39 is 18.3 Å². The van der Waals surface area contributed by atoms with Gasteiger partial charge in [0.05, 0.1) is 26.7 Å². The van der Waals surface area contributed by atoms with Crippen molar-refractivity contribution in [2.45, 2.75) is 52.7 Å². The van der Waals surface area contributed by atoms with Crippen LogP contribution in [0.2, 0.25) is 0 Å². The Morgan fingerprint density at radius 2 is 0.611 bits per heavy atom. The molecular weight excluding hydrogens is 1390 g/mol. The summed E-state index contributed by atoms with van der Waals surface area (Å²) in [6.07, 6.45) is 3.57. The summed E-state index contributed by atoms with van der Waals surface area (Å²) >= 11 is 3.41. The quantitative estimate of drug-likeness (QED) is 0.0957. The maximum absolute atomic E-state index is 6.60. The van der Waals surface area contributed by atoms with Crippen LogP contribution in [0.5, 0.6) is 0 Å². The SMILES string of the molecule is CC1(C)OB(c2cc(-c3nc(-c4ccccc4)nc(-c4ccccc4)n3)cc(-c3cc4ccccc4c4ccccc34)c2)OC1(C)C.Cc1ccc2cccc(-c3cc(-c4nc(-c5ccccc5)nc(-c5ccccc5)n4)cc(-c4cc5ccccc5c5ccccc45)c3)c2n1.Cc1ccc2cncc(Br)c2n1. The first-order chi connectivity index (χ1) is 52.7. The Hall–Kier alpha value is -12.6. The van der Waals surface area contributed by atoms with Crippen LogP contribution in [0.25, 0.3) is 167 Å². The number of rotatable bonds is 10. The minimum absolute atomic E-state index is 0.488. The van der Waals surface area contributed by atoms with Crippen molar-refractivity contribution in [3.8, 4) is 102 Å². The van der Waals surface area contributed by atoms with E-state index in [1.54, 1.807) is 6.20 Å². The first-order valence-corrected chi connectivity index (χ1v) is 37.0. The molecular formula is C95H71BBrN9O2. The third-order valence-corrected chi connectivity index (χ3v) is 20.9. The second-order valence-corrected chi connectivity index (χ2v) is 29.0. The molecule has 108 heavy (non-hydrogen) atoms. The molecule has 1 aliphatic heterocycles.